The lowest BCUT2D eigenvalue weighted by Crippen LogP contribution is -2.17. The summed E-state index contributed by atoms with van der Waals surface area (Å²) in [6.45, 7) is 10.7. The Labute approximate surface area is 82.9 Å². The van der Waals surface area contributed by atoms with Gasteiger partial charge in [-0.15, -0.1) is 5.54 Å². The summed E-state index contributed by atoms with van der Waals surface area (Å²) >= 11 is 0. The van der Waals surface area contributed by atoms with E-state index in [0.717, 1.165) is 0 Å². The lowest BCUT2D eigenvalue weighted by molar-refractivity contribution is 0.280. The molecule has 0 amide bonds. The van der Waals surface area contributed by atoms with Gasteiger partial charge in [0.1, 0.15) is 14.2 Å². The zero-order valence-corrected chi connectivity index (χ0v) is 10.3. The van der Waals surface area contributed by atoms with E-state index in [1.807, 2.05) is 6.08 Å². The average molecular weight is 196 g/mol. The van der Waals surface area contributed by atoms with Crippen molar-refractivity contribution in [2.75, 3.05) is 0 Å². The maximum Gasteiger partial charge on any atom is 0.132 e. The van der Waals surface area contributed by atoms with Crippen LogP contribution in [0.15, 0.2) is 12.2 Å². The molecule has 13 heavy (non-hydrogen) atoms. The van der Waals surface area contributed by atoms with Crippen LogP contribution in [0.5, 0.6) is 0 Å². The summed E-state index contributed by atoms with van der Waals surface area (Å²) in [7, 11) is -1.33. The minimum Gasteiger partial charge on any atom is -0.377 e. The molecule has 0 rings (SSSR count). The lowest BCUT2D eigenvalue weighted by Gasteiger charge is -2.04. The van der Waals surface area contributed by atoms with Crippen LogP contribution in [-0.4, -0.2) is 19.3 Å². The number of hydrogen-bond acceptors (Lipinski definition) is 1. The molecule has 0 aromatic carbocycles. The Balaban J connectivity index is 4.13. The highest BCUT2D eigenvalue weighted by Crippen LogP contribution is 1.98. The number of hydrogen-bond donors (Lipinski definition) is 1. The Morgan fingerprint density at radius 2 is 1.69 bits per heavy atom. The van der Waals surface area contributed by atoms with E-state index in [1.165, 1.54) is 0 Å². The molecule has 0 aromatic rings. The first-order chi connectivity index (χ1) is 5.81. The molecule has 0 saturated heterocycles. The second-order valence-corrected chi connectivity index (χ2v) is 9.34. The van der Waals surface area contributed by atoms with E-state index in [-0.39, 0.29) is 0 Å². The van der Waals surface area contributed by atoms with E-state index < -0.39 is 14.2 Å². The van der Waals surface area contributed by atoms with E-state index >= 15 is 0 Å². The summed E-state index contributed by atoms with van der Waals surface area (Å²) in [6.07, 6.45) is 3.15. The van der Waals surface area contributed by atoms with Crippen molar-refractivity contribution in [2.45, 2.75) is 39.6 Å². The lowest BCUT2D eigenvalue weighted by atomic mass is 10.2. The van der Waals surface area contributed by atoms with E-state index in [9.17, 15) is 5.11 Å². The van der Waals surface area contributed by atoms with E-state index in [0.29, 0.717) is 5.92 Å². The van der Waals surface area contributed by atoms with Gasteiger partial charge in [0.15, 0.2) is 0 Å². The molecule has 1 N–H and O–H groups in total. The highest BCUT2D eigenvalue weighted by Gasteiger charge is 2.07. The van der Waals surface area contributed by atoms with Crippen molar-refractivity contribution in [1.29, 1.82) is 0 Å². The van der Waals surface area contributed by atoms with Gasteiger partial charge in [-0.25, -0.2) is 0 Å². The smallest absolute Gasteiger partial charge is 0.132 e. The zero-order valence-electron chi connectivity index (χ0n) is 9.26. The minimum atomic E-state index is -1.33. The second kappa shape index (κ2) is 5.26. The minimum absolute atomic E-state index is 0.475. The van der Waals surface area contributed by atoms with Crippen LogP contribution >= 0.6 is 0 Å². The monoisotopic (exact) mass is 196 g/mol. The van der Waals surface area contributed by atoms with Crippen molar-refractivity contribution < 1.29 is 5.11 Å². The first-order valence-corrected chi connectivity index (χ1v) is 8.20. The molecule has 2 heteroatoms. The molecular formula is C11H20OSi. The summed E-state index contributed by atoms with van der Waals surface area (Å²) in [6, 6.07) is 0. The van der Waals surface area contributed by atoms with Crippen LogP contribution < -0.4 is 0 Å². The molecule has 1 nitrogen and oxygen atoms in total. The summed E-state index contributed by atoms with van der Waals surface area (Å²) in [5.74, 6) is 3.33. The largest absolute Gasteiger partial charge is 0.377 e. The highest BCUT2D eigenvalue weighted by molar-refractivity contribution is 6.83. The van der Waals surface area contributed by atoms with Gasteiger partial charge in [0.05, 0.1) is 0 Å². The average Bonchev–Trinajstić information content (AvgIpc) is 1.95. The van der Waals surface area contributed by atoms with E-state index in [2.05, 4.69) is 45.0 Å². The standard InChI is InChI=1S/C11H20OSi/c1-10(2)6-7-11(12)8-9-13(3,4)5/h6-7,10-12H,1-5H3/b7-6+. The van der Waals surface area contributed by atoms with Gasteiger partial charge in [-0.2, -0.15) is 0 Å². The first kappa shape index (κ1) is 12.5. The zero-order chi connectivity index (χ0) is 10.5. The molecule has 0 spiro atoms. The predicted molar refractivity (Wildman–Crippen MR) is 61.1 cm³/mol. The quantitative estimate of drug-likeness (QED) is 0.408. The molecule has 0 fully saturated rings. The summed E-state index contributed by atoms with van der Waals surface area (Å²) < 4.78 is 0. The van der Waals surface area contributed by atoms with Crippen molar-refractivity contribution in [3.63, 3.8) is 0 Å². The van der Waals surface area contributed by atoms with Crippen LogP contribution in [0.4, 0.5) is 0 Å². The van der Waals surface area contributed by atoms with Crippen LogP contribution in [0, 0.1) is 17.4 Å². The van der Waals surface area contributed by atoms with Gasteiger partial charge >= 0.3 is 0 Å². The third-order valence-corrected chi connectivity index (χ3v) is 2.17. The number of aliphatic hydroxyl groups is 1. The molecule has 0 radical (unpaired) electrons. The number of rotatable bonds is 2. The Bertz CT molecular complexity index is 225. The van der Waals surface area contributed by atoms with Gasteiger partial charge in [-0.3, -0.25) is 0 Å². The van der Waals surface area contributed by atoms with Crippen LogP contribution in [0.3, 0.4) is 0 Å². The Morgan fingerprint density at radius 1 is 1.15 bits per heavy atom. The third kappa shape index (κ3) is 9.39. The van der Waals surface area contributed by atoms with Crippen molar-refractivity contribution in [1.82, 2.24) is 0 Å². The normalized spacial score (nSPS) is 14.4. The molecule has 0 aliphatic rings. The molecule has 0 aromatic heterocycles. The fraction of sp³-hybridized carbons (Fsp3) is 0.636. The molecule has 0 aliphatic heterocycles. The predicted octanol–water partition coefficient (Wildman–Crippen LogP) is 2.44. The van der Waals surface area contributed by atoms with Gasteiger partial charge in [-0.05, 0) is 12.0 Å². The highest BCUT2D eigenvalue weighted by atomic mass is 28.3. The molecular weight excluding hydrogens is 176 g/mol. The maximum atomic E-state index is 9.42. The Kier molecular flexibility index (Phi) is 5.05. The van der Waals surface area contributed by atoms with Crippen LogP contribution in [0.25, 0.3) is 0 Å². The van der Waals surface area contributed by atoms with Crippen LogP contribution in [0.2, 0.25) is 19.6 Å². The SMILES string of the molecule is CC(C)/C=C/C(O)C#C[Si](C)(C)C. The van der Waals surface area contributed by atoms with E-state index in [4.69, 9.17) is 0 Å². The van der Waals surface area contributed by atoms with Crippen molar-refractivity contribution >= 4 is 8.07 Å². The van der Waals surface area contributed by atoms with Gasteiger partial charge in [-0.1, -0.05) is 45.5 Å². The van der Waals surface area contributed by atoms with Gasteiger partial charge in [0.25, 0.3) is 0 Å². The fourth-order valence-corrected chi connectivity index (χ4v) is 1.25. The summed E-state index contributed by atoms with van der Waals surface area (Å²) in [5, 5.41) is 9.42. The van der Waals surface area contributed by atoms with Crippen molar-refractivity contribution in [2.24, 2.45) is 5.92 Å². The Morgan fingerprint density at radius 3 is 2.08 bits per heavy atom. The first-order valence-electron chi connectivity index (χ1n) is 4.70. The van der Waals surface area contributed by atoms with Gasteiger partial charge < -0.3 is 5.11 Å². The molecule has 1 unspecified atom stereocenters. The Hall–Kier alpha value is -0.523. The summed E-state index contributed by atoms with van der Waals surface area (Å²) in [5.41, 5.74) is 3.13. The van der Waals surface area contributed by atoms with Crippen molar-refractivity contribution in [3.8, 4) is 11.5 Å². The fourth-order valence-electron chi connectivity index (χ4n) is 0.666. The molecule has 0 aliphatic carbocycles. The van der Waals surface area contributed by atoms with Gasteiger partial charge in [0, 0.05) is 0 Å². The molecule has 0 heterocycles. The molecule has 74 valence electrons. The topological polar surface area (TPSA) is 20.2 Å². The van der Waals surface area contributed by atoms with Crippen LogP contribution in [-0.2, 0) is 0 Å². The van der Waals surface area contributed by atoms with Gasteiger partial charge in [0.2, 0.25) is 0 Å². The maximum absolute atomic E-state index is 9.42. The molecule has 0 saturated carbocycles. The summed E-state index contributed by atoms with van der Waals surface area (Å²) in [4.78, 5) is 0. The number of allylic oxidation sites excluding steroid dienone is 1. The third-order valence-electron chi connectivity index (χ3n) is 1.27. The number of aliphatic hydroxyl groups excluding tert-OH is 1. The molecule has 0 bridgehead atoms. The van der Waals surface area contributed by atoms with E-state index in [1.54, 1.807) is 6.08 Å². The van der Waals surface area contributed by atoms with Crippen LogP contribution in [0.1, 0.15) is 13.8 Å². The second-order valence-electron chi connectivity index (χ2n) is 4.59. The van der Waals surface area contributed by atoms with Crippen molar-refractivity contribution in [3.05, 3.63) is 12.2 Å². The molecule has 1 atom stereocenters.